The highest BCUT2D eigenvalue weighted by atomic mass is 32.2. The number of carbonyl (C=O) groups excluding carboxylic acids is 1. The minimum Gasteiger partial charge on any atom is -0.379 e. The van der Waals surface area contributed by atoms with Crippen molar-refractivity contribution in [3.05, 3.63) is 64.4 Å². The highest BCUT2D eigenvalue weighted by Gasteiger charge is 2.13. The second-order valence-corrected chi connectivity index (χ2v) is 8.11. The van der Waals surface area contributed by atoms with E-state index in [0.29, 0.717) is 46.9 Å². The Morgan fingerprint density at radius 2 is 2.06 bits per heavy atom. The Kier molecular flexibility index (Phi) is 7.82. The van der Waals surface area contributed by atoms with E-state index in [9.17, 15) is 9.59 Å². The lowest BCUT2D eigenvalue weighted by atomic mass is 10.2. The molecule has 0 bridgehead atoms. The molecule has 0 unspecified atom stereocenters. The third-order valence-electron chi connectivity index (χ3n) is 4.41. The molecule has 0 atom stereocenters. The van der Waals surface area contributed by atoms with Gasteiger partial charge in [0.2, 0.25) is 5.91 Å². The minimum absolute atomic E-state index is 0.0874. The van der Waals surface area contributed by atoms with Crippen LogP contribution >= 0.6 is 11.8 Å². The zero-order chi connectivity index (χ0) is 22.2. The van der Waals surface area contributed by atoms with Crippen LogP contribution in [0.5, 0.6) is 0 Å². The highest BCUT2D eigenvalue weighted by Crippen LogP contribution is 2.19. The third-order valence-corrected chi connectivity index (χ3v) is 5.39. The summed E-state index contributed by atoms with van der Waals surface area (Å²) in [5.41, 5.74) is 1.50. The summed E-state index contributed by atoms with van der Waals surface area (Å²) >= 11 is 1.21. The summed E-state index contributed by atoms with van der Waals surface area (Å²) in [6, 6.07) is 16.0. The normalized spacial score (nSPS) is 10.9. The largest absolute Gasteiger partial charge is 0.379 e. The van der Waals surface area contributed by atoms with Gasteiger partial charge in [-0.15, -0.1) is 0 Å². The zero-order valence-electron chi connectivity index (χ0n) is 17.5. The van der Waals surface area contributed by atoms with Gasteiger partial charge >= 0.3 is 0 Å². The molecule has 1 aromatic heterocycles. The number of nitrogens with zero attached hydrogens (tertiary/aromatic N) is 3. The number of rotatable bonds is 9. The van der Waals surface area contributed by atoms with Crippen molar-refractivity contribution >= 4 is 34.3 Å². The van der Waals surface area contributed by atoms with E-state index >= 15 is 0 Å². The average Bonchev–Trinajstić information content (AvgIpc) is 2.76. The zero-order valence-corrected chi connectivity index (χ0v) is 18.3. The van der Waals surface area contributed by atoms with Crippen LogP contribution < -0.4 is 10.9 Å². The molecule has 1 N–H and O–H groups in total. The molecule has 0 aliphatic rings. The molecule has 3 rings (SSSR count). The molecule has 1 amide bonds. The Morgan fingerprint density at radius 3 is 2.84 bits per heavy atom. The van der Waals surface area contributed by atoms with E-state index in [-0.39, 0.29) is 23.3 Å². The van der Waals surface area contributed by atoms with Crippen LogP contribution in [-0.4, -0.2) is 33.9 Å². The van der Waals surface area contributed by atoms with E-state index in [1.807, 2.05) is 32.0 Å². The van der Waals surface area contributed by atoms with E-state index < -0.39 is 0 Å². The van der Waals surface area contributed by atoms with Crippen LogP contribution in [0.15, 0.2) is 58.5 Å². The van der Waals surface area contributed by atoms with Gasteiger partial charge in [-0.2, -0.15) is 5.26 Å². The number of benzene rings is 2. The van der Waals surface area contributed by atoms with Crippen LogP contribution in [0.2, 0.25) is 0 Å². The van der Waals surface area contributed by atoms with Crippen molar-refractivity contribution < 1.29 is 9.53 Å². The number of anilines is 1. The lowest BCUT2D eigenvalue weighted by Gasteiger charge is -2.14. The van der Waals surface area contributed by atoms with Crippen LogP contribution in [0, 0.1) is 11.3 Å². The van der Waals surface area contributed by atoms with Crippen LogP contribution in [-0.2, 0) is 16.1 Å². The molecule has 8 heteroatoms. The number of hydrogen-bond acceptors (Lipinski definition) is 6. The molecule has 0 aliphatic carbocycles. The fourth-order valence-electron chi connectivity index (χ4n) is 2.99. The molecule has 1 heterocycles. The number of thioether (sulfide) groups is 1. The van der Waals surface area contributed by atoms with Crippen molar-refractivity contribution in [1.82, 2.24) is 9.55 Å². The van der Waals surface area contributed by atoms with Crippen molar-refractivity contribution in [2.24, 2.45) is 0 Å². The first-order valence-corrected chi connectivity index (χ1v) is 11.0. The summed E-state index contributed by atoms with van der Waals surface area (Å²) in [6.07, 6.45) is 0.794. The van der Waals surface area contributed by atoms with Gasteiger partial charge in [-0.3, -0.25) is 14.2 Å². The topological polar surface area (TPSA) is 97.0 Å². The van der Waals surface area contributed by atoms with Gasteiger partial charge in [0, 0.05) is 18.8 Å². The standard InChI is InChI=1S/C23H24N4O3S/c1-16(2)30-12-6-11-27-22(29)19-9-3-4-10-20(19)26-23(27)31-15-21(28)25-18-8-5-7-17(13-18)14-24/h3-5,7-10,13,16H,6,11-12,15H2,1-2H3,(H,25,28). The smallest absolute Gasteiger partial charge is 0.262 e. The Hall–Kier alpha value is -3.15. The lowest BCUT2D eigenvalue weighted by Crippen LogP contribution is -2.25. The van der Waals surface area contributed by atoms with Crippen LogP contribution in [0.4, 0.5) is 5.69 Å². The number of fused-ring (bicyclic) bond motifs is 1. The van der Waals surface area contributed by atoms with E-state index in [1.165, 1.54) is 11.8 Å². The van der Waals surface area contributed by atoms with Gasteiger partial charge in [0.1, 0.15) is 0 Å². The molecule has 7 nitrogen and oxygen atoms in total. The van der Waals surface area contributed by atoms with Crippen LogP contribution in [0.25, 0.3) is 10.9 Å². The second-order valence-electron chi connectivity index (χ2n) is 7.17. The molecular weight excluding hydrogens is 412 g/mol. The number of carbonyl (C=O) groups is 1. The van der Waals surface area contributed by atoms with Crippen molar-refractivity contribution in [2.75, 3.05) is 17.7 Å². The summed E-state index contributed by atoms with van der Waals surface area (Å²) in [5.74, 6) is -0.151. The molecule has 3 aromatic rings. The predicted molar refractivity (Wildman–Crippen MR) is 122 cm³/mol. The SMILES string of the molecule is CC(C)OCCCn1c(SCC(=O)Nc2cccc(C#N)c2)nc2ccccc2c1=O. The Labute approximate surface area is 185 Å². The number of aromatic nitrogens is 2. The number of nitriles is 1. The van der Waals surface area contributed by atoms with Crippen LogP contribution in [0.3, 0.4) is 0 Å². The van der Waals surface area contributed by atoms with Gasteiger partial charge in [0.25, 0.3) is 5.56 Å². The maximum absolute atomic E-state index is 13.0. The van der Waals surface area contributed by atoms with Crippen molar-refractivity contribution in [3.63, 3.8) is 0 Å². The molecule has 31 heavy (non-hydrogen) atoms. The first-order chi connectivity index (χ1) is 15.0. The van der Waals surface area contributed by atoms with Crippen molar-refractivity contribution in [3.8, 4) is 6.07 Å². The fourth-order valence-corrected chi connectivity index (χ4v) is 3.82. The van der Waals surface area contributed by atoms with E-state index in [1.54, 1.807) is 41.0 Å². The van der Waals surface area contributed by atoms with E-state index in [0.717, 1.165) is 0 Å². The Morgan fingerprint density at radius 1 is 1.26 bits per heavy atom. The maximum atomic E-state index is 13.0. The maximum Gasteiger partial charge on any atom is 0.262 e. The number of amides is 1. The molecule has 0 fully saturated rings. The van der Waals surface area contributed by atoms with Gasteiger partial charge in [-0.05, 0) is 50.6 Å². The molecule has 0 saturated carbocycles. The number of para-hydroxylation sites is 1. The summed E-state index contributed by atoms with van der Waals surface area (Å²) in [5, 5.41) is 12.8. The second kappa shape index (κ2) is 10.8. The van der Waals surface area contributed by atoms with Gasteiger partial charge in [-0.25, -0.2) is 4.98 Å². The Bertz CT molecular complexity index is 1170. The third kappa shape index (κ3) is 6.17. The molecule has 0 radical (unpaired) electrons. The van der Waals surface area contributed by atoms with Crippen molar-refractivity contribution in [1.29, 1.82) is 5.26 Å². The van der Waals surface area contributed by atoms with Gasteiger partial charge in [0.15, 0.2) is 5.16 Å². The predicted octanol–water partition coefficient (Wildman–Crippen LogP) is 3.81. The fraction of sp³-hybridized carbons (Fsp3) is 0.304. The minimum atomic E-state index is -0.239. The first kappa shape index (κ1) is 22.5. The lowest BCUT2D eigenvalue weighted by molar-refractivity contribution is -0.113. The van der Waals surface area contributed by atoms with E-state index in [4.69, 9.17) is 10.00 Å². The number of ether oxygens (including phenoxy) is 1. The molecular formula is C23H24N4O3S. The van der Waals surface area contributed by atoms with Crippen molar-refractivity contribution in [2.45, 2.75) is 38.1 Å². The Balaban J connectivity index is 1.76. The van der Waals surface area contributed by atoms with Crippen LogP contribution in [0.1, 0.15) is 25.8 Å². The van der Waals surface area contributed by atoms with Gasteiger partial charge < -0.3 is 10.1 Å². The van der Waals surface area contributed by atoms with Gasteiger partial charge in [-0.1, -0.05) is 30.0 Å². The molecule has 160 valence electrons. The number of hydrogen-bond donors (Lipinski definition) is 1. The molecule has 2 aromatic carbocycles. The molecule has 0 aliphatic heterocycles. The monoisotopic (exact) mass is 436 g/mol. The molecule has 0 saturated heterocycles. The summed E-state index contributed by atoms with van der Waals surface area (Å²) in [4.78, 5) is 30.1. The summed E-state index contributed by atoms with van der Waals surface area (Å²) in [6.45, 7) is 4.93. The van der Waals surface area contributed by atoms with E-state index in [2.05, 4.69) is 10.3 Å². The summed E-state index contributed by atoms with van der Waals surface area (Å²) < 4.78 is 7.20. The summed E-state index contributed by atoms with van der Waals surface area (Å²) in [7, 11) is 0. The average molecular weight is 437 g/mol. The van der Waals surface area contributed by atoms with Gasteiger partial charge in [0.05, 0.1) is 34.4 Å². The highest BCUT2D eigenvalue weighted by molar-refractivity contribution is 7.99. The first-order valence-electron chi connectivity index (χ1n) is 10.0. The molecule has 0 spiro atoms. The number of nitrogens with one attached hydrogen (secondary N) is 1. The quantitative estimate of drug-likeness (QED) is 0.311.